The Morgan fingerprint density at radius 1 is 1.29 bits per heavy atom. The van der Waals surface area contributed by atoms with Crippen LogP contribution in [0.5, 0.6) is 0 Å². The lowest BCUT2D eigenvalue weighted by molar-refractivity contribution is 0.0304. The molecule has 0 aromatic heterocycles. The van der Waals surface area contributed by atoms with Crippen molar-refractivity contribution in [1.82, 2.24) is 4.72 Å². The van der Waals surface area contributed by atoms with Crippen molar-refractivity contribution in [3.05, 3.63) is 35.4 Å². The molecule has 8 heteroatoms. The molecular weight excluding hydrogens is 304 g/mol. The highest BCUT2D eigenvalue weighted by atomic mass is 32.2. The molecule has 0 bridgehead atoms. The maximum absolute atomic E-state index is 13.0. The zero-order chi connectivity index (χ0) is 15.5. The van der Waals surface area contributed by atoms with Gasteiger partial charge in [-0.1, -0.05) is 0 Å². The molecule has 1 N–H and O–H groups in total. The molecule has 1 fully saturated rings. The molecule has 116 valence electrons. The number of hydrogen-bond donors (Lipinski definition) is 1. The Balaban J connectivity index is 2.01. The number of carbonyl (C=O) groups is 1. The van der Waals surface area contributed by atoms with Crippen LogP contribution in [-0.4, -0.2) is 32.8 Å². The fourth-order valence-electron chi connectivity index (χ4n) is 2.06. The van der Waals surface area contributed by atoms with Crippen LogP contribution in [0.15, 0.2) is 18.2 Å². The summed E-state index contributed by atoms with van der Waals surface area (Å²) in [4.78, 5) is 11.7. The third-order valence-corrected chi connectivity index (χ3v) is 4.42. The molecule has 0 aliphatic carbocycles. The monoisotopic (exact) mass is 319 g/mol. The average molecular weight is 319 g/mol. The first-order chi connectivity index (χ1) is 9.87. The lowest BCUT2D eigenvalue weighted by Crippen LogP contribution is -2.38. The van der Waals surface area contributed by atoms with Gasteiger partial charge in [0.15, 0.2) is 11.6 Å². The number of halogens is 2. The van der Waals surface area contributed by atoms with Gasteiger partial charge in [-0.3, -0.25) is 4.79 Å². The van der Waals surface area contributed by atoms with E-state index in [0.717, 1.165) is 25.0 Å². The van der Waals surface area contributed by atoms with Crippen LogP contribution in [0.3, 0.4) is 0 Å². The van der Waals surface area contributed by atoms with Crippen LogP contribution < -0.4 is 4.72 Å². The summed E-state index contributed by atoms with van der Waals surface area (Å²) < 4.78 is 56.6. The van der Waals surface area contributed by atoms with Crippen molar-refractivity contribution >= 4 is 15.9 Å². The Morgan fingerprint density at radius 3 is 2.67 bits per heavy atom. The van der Waals surface area contributed by atoms with E-state index in [4.69, 9.17) is 4.74 Å². The topological polar surface area (TPSA) is 72.5 Å². The molecule has 1 aliphatic rings. The van der Waals surface area contributed by atoms with Gasteiger partial charge in [-0.25, -0.2) is 21.9 Å². The van der Waals surface area contributed by atoms with Gasteiger partial charge < -0.3 is 4.74 Å². The minimum Gasteiger partial charge on any atom is -0.377 e. The Bertz CT molecular complexity index is 627. The molecule has 21 heavy (non-hydrogen) atoms. The summed E-state index contributed by atoms with van der Waals surface area (Å²) in [6.07, 6.45) is 1.92. The van der Waals surface area contributed by atoms with Crippen LogP contribution in [-0.2, 0) is 14.8 Å². The van der Waals surface area contributed by atoms with Gasteiger partial charge in [0.1, 0.15) is 0 Å². The van der Waals surface area contributed by atoms with E-state index in [2.05, 4.69) is 0 Å². The van der Waals surface area contributed by atoms with Crippen molar-refractivity contribution in [3.8, 4) is 0 Å². The molecule has 2 rings (SSSR count). The van der Waals surface area contributed by atoms with Gasteiger partial charge in [0.25, 0.3) is 5.91 Å². The summed E-state index contributed by atoms with van der Waals surface area (Å²) in [7, 11) is -3.89. The van der Waals surface area contributed by atoms with Crippen LogP contribution in [0.1, 0.15) is 29.6 Å². The highest BCUT2D eigenvalue weighted by Gasteiger charge is 2.24. The third kappa shape index (κ3) is 4.47. The van der Waals surface area contributed by atoms with Crippen molar-refractivity contribution in [2.45, 2.75) is 25.4 Å². The standard InChI is InChI=1S/C13H15F2NO4S/c14-11-5-4-9(7-12(11)15)13(17)16-21(18,19)8-10-3-1-2-6-20-10/h4-5,7,10H,1-3,6,8H2,(H,16,17)/t10-/m0/s1. The lowest BCUT2D eigenvalue weighted by atomic mass is 10.1. The van der Waals surface area contributed by atoms with Crippen molar-refractivity contribution in [2.24, 2.45) is 0 Å². The molecule has 1 aromatic rings. The normalized spacial score (nSPS) is 19.2. The van der Waals surface area contributed by atoms with Crippen LogP contribution in [0, 0.1) is 11.6 Å². The second kappa shape index (κ2) is 6.48. The molecule has 1 aliphatic heterocycles. The van der Waals surface area contributed by atoms with E-state index in [9.17, 15) is 22.0 Å². The van der Waals surface area contributed by atoms with Crippen LogP contribution >= 0.6 is 0 Å². The molecular formula is C13H15F2NO4S. The number of rotatable bonds is 4. The number of hydrogen-bond acceptors (Lipinski definition) is 4. The van der Waals surface area contributed by atoms with E-state index in [1.54, 1.807) is 0 Å². The second-order valence-electron chi connectivity index (χ2n) is 4.83. The smallest absolute Gasteiger partial charge is 0.264 e. The minimum absolute atomic E-state index is 0.262. The fraction of sp³-hybridized carbons (Fsp3) is 0.462. The summed E-state index contributed by atoms with van der Waals surface area (Å²) in [6.45, 7) is 0.497. The van der Waals surface area contributed by atoms with Crippen molar-refractivity contribution in [2.75, 3.05) is 12.4 Å². The molecule has 5 nitrogen and oxygen atoms in total. The van der Waals surface area contributed by atoms with E-state index < -0.39 is 33.7 Å². The number of nitrogens with one attached hydrogen (secondary N) is 1. The number of carbonyl (C=O) groups excluding carboxylic acids is 1. The Hall–Kier alpha value is -1.54. The summed E-state index contributed by atoms with van der Waals surface area (Å²) in [5.41, 5.74) is -0.262. The molecule has 1 atom stereocenters. The van der Waals surface area contributed by atoms with Gasteiger partial charge in [0.2, 0.25) is 10.0 Å². The molecule has 1 aromatic carbocycles. The predicted molar refractivity (Wildman–Crippen MR) is 71.2 cm³/mol. The van der Waals surface area contributed by atoms with Crippen molar-refractivity contribution < 1.29 is 26.7 Å². The zero-order valence-corrected chi connectivity index (χ0v) is 12.0. The van der Waals surface area contributed by atoms with Crippen molar-refractivity contribution in [1.29, 1.82) is 0 Å². The summed E-state index contributed by atoms with van der Waals surface area (Å²) in [5, 5.41) is 0. The molecule has 0 unspecified atom stereocenters. The maximum Gasteiger partial charge on any atom is 0.264 e. The van der Waals surface area contributed by atoms with Crippen LogP contribution in [0.25, 0.3) is 0 Å². The third-order valence-electron chi connectivity index (χ3n) is 3.11. The van der Waals surface area contributed by atoms with Gasteiger partial charge in [-0.05, 0) is 37.5 Å². The van der Waals surface area contributed by atoms with Gasteiger partial charge in [0.05, 0.1) is 11.9 Å². The van der Waals surface area contributed by atoms with E-state index in [0.29, 0.717) is 19.1 Å². The average Bonchev–Trinajstić information content (AvgIpc) is 2.41. The Kier molecular flexibility index (Phi) is 4.89. The van der Waals surface area contributed by atoms with Gasteiger partial charge in [-0.2, -0.15) is 0 Å². The maximum atomic E-state index is 13.0. The predicted octanol–water partition coefficient (Wildman–Crippen LogP) is 1.59. The van der Waals surface area contributed by atoms with Crippen molar-refractivity contribution in [3.63, 3.8) is 0 Å². The van der Waals surface area contributed by atoms with E-state index in [-0.39, 0.29) is 11.3 Å². The first-order valence-corrected chi connectivity index (χ1v) is 8.14. The summed E-state index contributed by atoms with van der Waals surface area (Å²) >= 11 is 0. The highest BCUT2D eigenvalue weighted by Crippen LogP contribution is 2.14. The number of sulfonamides is 1. The van der Waals surface area contributed by atoms with Gasteiger partial charge >= 0.3 is 0 Å². The molecule has 0 spiro atoms. The SMILES string of the molecule is O=C(NS(=O)(=O)C[C@@H]1CCCCO1)c1ccc(F)c(F)c1. The number of benzene rings is 1. The molecule has 1 heterocycles. The first-order valence-electron chi connectivity index (χ1n) is 6.49. The molecule has 1 amide bonds. The first kappa shape index (κ1) is 15.8. The second-order valence-corrected chi connectivity index (χ2v) is 6.60. The van der Waals surface area contributed by atoms with Crippen LogP contribution in [0.2, 0.25) is 0 Å². The largest absolute Gasteiger partial charge is 0.377 e. The van der Waals surface area contributed by atoms with E-state index in [1.807, 2.05) is 4.72 Å². The Labute approximate surface area is 121 Å². The fourth-order valence-corrected chi connectivity index (χ4v) is 3.30. The quantitative estimate of drug-likeness (QED) is 0.915. The summed E-state index contributed by atoms with van der Waals surface area (Å²) in [5.74, 6) is -3.65. The summed E-state index contributed by atoms with van der Waals surface area (Å²) in [6, 6.07) is 2.43. The highest BCUT2D eigenvalue weighted by molar-refractivity contribution is 7.90. The molecule has 0 radical (unpaired) electrons. The Morgan fingerprint density at radius 2 is 2.05 bits per heavy atom. The van der Waals surface area contributed by atoms with E-state index in [1.165, 1.54) is 0 Å². The zero-order valence-electron chi connectivity index (χ0n) is 11.1. The van der Waals surface area contributed by atoms with E-state index >= 15 is 0 Å². The number of amides is 1. The minimum atomic E-state index is -3.89. The molecule has 1 saturated heterocycles. The van der Waals surface area contributed by atoms with Gasteiger partial charge in [0, 0.05) is 12.2 Å². The van der Waals surface area contributed by atoms with Crippen LogP contribution in [0.4, 0.5) is 8.78 Å². The molecule has 0 saturated carbocycles. The van der Waals surface area contributed by atoms with Gasteiger partial charge in [-0.15, -0.1) is 0 Å². The lowest BCUT2D eigenvalue weighted by Gasteiger charge is -2.22. The number of ether oxygens (including phenoxy) is 1.